The van der Waals surface area contributed by atoms with E-state index in [1.807, 2.05) is 29.1 Å². The van der Waals surface area contributed by atoms with Crippen LogP contribution < -0.4 is 4.72 Å². The van der Waals surface area contributed by atoms with Crippen molar-refractivity contribution in [1.82, 2.24) is 9.29 Å². The Kier molecular flexibility index (Phi) is 4.77. The highest BCUT2D eigenvalue weighted by Gasteiger charge is 2.21. The van der Waals surface area contributed by atoms with Crippen LogP contribution in [0.25, 0.3) is 0 Å². The smallest absolute Gasteiger partial charge is 0.339 e. The number of aromatic nitrogens is 1. The monoisotopic (exact) mass is 308 g/mol. The van der Waals surface area contributed by atoms with E-state index in [-0.39, 0.29) is 17.0 Å². The molecule has 2 rings (SSSR count). The molecule has 1 aromatic carbocycles. The van der Waals surface area contributed by atoms with Crippen LogP contribution >= 0.6 is 0 Å². The summed E-state index contributed by atoms with van der Waals surface area (Å²) in [6.07, 6.45) is 3.69. The molecule has 1 heterocycles. The van der Waals surface area contributed by atoms with Gasteiger partial charge in [-0.1, -0.05) is 12.1 Å². The molecule has 0 fully saturated rings. The van der Waals surface area contributed by atoms with Gasteiger partial charge in [0, 0.05) is 25.5 Å². The number of carbonyl (C=O) groups excluding carboxylic acids is 1. The first kappa shape index (κ1) is 15.3. The summed E-state index contributed by atoms with van der Waals surface area (Å²) in [6, 6.07) is 9.68. The van der Waals surface area contributed by atoms with Gasteiger partial charge < -0.3 is 9.30 Å². The molecule has 0 unspecified atom stereocenters. The first-order valence-electron chi connectivity index (χ1n) is 6.32. The minimum atomic E-state index is -3.76. The van der Waals surface area contributed by atoms with Crippen molar-refractivity contribution in [2.75, 3.05) is 13.7 Å². The Balaban J connectivity index is 2.14. The van der Waals surface area contributed by atoms with Crippen LogP contribution in [-0.2, 0) is 21.3 Å². The molecule has 0 aliphatic heterocycles. The molecule has 0 saturated carbocycles. The third kappa shape index (κ3) is 3.71. The average molecular weight is 308 g/mol. The second kappa shape index (κ2) is 6.55. The zero-order chi connectivity index (χ0) is 15.3. The van der Waals surface area contributed by atoms with Crippen LogP contribution in [-0.4, -0.2) is 32.6 Å². The van der Waals surface area contributed by atoms with Crippen LogP contribution in [0, 0.1) is 0 Å². The number of esters is 1. The maximum absolute atomic E-state index is 12.3. The van der Waals surface area contributed by atoms with Gasteiger partial charge in [-0.05, 0) is 24.3 Å². The molecule has 21 heavy (non-hydrogen) atoms. The van der Waals surface area contributed by atoms with E-state index in [2.05, 4.69) is 9.46 Å². The Bertz CT molecular complexity index is 708. The Morgan fingerprint density at radius 2 is 1.86 bits per heavy atom. The van der Waals surface area contributed by atoms with Crippen LogP contribution in [0.3, 0.4) is 0 Å². The van der Waals surface area contributed by atoms with E-state index in [9.17, 15) is 13.2 Å². The van der Waals surface area contributed by atoms with E-state index >= 15 is 0 Å². The molecule has 0 saturated heterocycles. The maximum Gasteiger partial charge on any atom is 0.339 e. The van der Waals surface area contributed by atoms with Gasteiger partial charge in [0.15, 0.2) is 0 Å². The van der Waals surface area contributed by atoms with E-state index < -0.39 is 16.0 Å². The quantitative estimate of drug-likeness (QED) is 0.815. The normalized spacial score (nSPS) is 11.3. The topological polar surface area (TPSA) is 77.4 Å². The summed E-state index contributed by atoms with van der Waals surface area (Å²) >= 11 is 0. The number of sulfonamides is 1. The number of hydrogen-bond acceptors (Lipinski definition) is 4. The third-order valence-corrected chi connectivity index (χ3v) is 4.43. The Morgan fingerprint density at radius 1 is 1.19 bits per heavy atom. The Hall–Kier alpha value is -2.12. The fourth-order valence-corrected chi connectivity index (χ4v) is 3.10. The number of carbonyl (C=O) groups is 1. The van der Waals surface area contributed by atoms with Gasteiger partial charge in [0.2, 0.25) is 10.0 Å². The summed E-state index contributed by atoms with van der Waals surface area (Å²) in [5, 5.41) is 0. The van der Waals surface area contributed by atoms with Crippen LogP contribution in [0.15, 0.2) is 53.7 Å². The lowest BCUT2D eigenvalue weighted by atomic mass is 10.2. The summed E-state index contributed by atoms with van der Waals surface area (Å²) in [7, 11) is -2.55. The largest absolute Gasteiger partial charge is 0.465 e. The van der Waals surface area contributed by atoms with Crippen LogP contribution in [0.5, 0.6) is 0 Å². The summed E-state index contributed by atoms with van der Waals surface area (Å²) in [6.45, 7) is 0.735. The lowest BCUT2D eigenvalue weighted by Crippen LogP contribution is -2.28. The molecule has 1 aromatic heterocycles. The second-order valence-electron chi connectivity index (χ2n) is 4.31. The fourth-order valence-electron chi connectivity index (χ4n) is 1.89. The molecule has 0 aliphatic carbocycles. The number of benzene rings is 1. The second-order valence-corrected chi connectivity index (χ2v) is 6.04. The highest BCUT2D eigenvalue weighted by atomic mass is 32.2. The van der Waals surface area contributed by atoms with E-state index in [1.165, 1.54) is 19.2 Å². The minimum Gasteiger partial charge on any atom is -0.465 e. The van der Waals surface area contributed by atoms with Crippen molar-refractivity contribution in [2.45, 2.75) is 11.4 Å². The van der Waals surface area contributed by atoms with Gasteiger partial charge >= 0.3 is 5.97 Å². The van der Waals surface area contributed by atoms with Crippen molar-refractivity contribution in [1.29, 1.82) is 0 Å². The minimum absolute atomic E-state index is 0.0217. The van der Waals surface area contributed by atoms with Crippen molar-refractivity contribution in [3.8, 4) is 0 Å². The molecule has 0 amide bonds. The molecule has 0 spiro atoms. The van der Waals surface area contributed by atoms with Crippen molar-refractivity contribution >= 4 is 16.0 Å². The predicted octanol–water partition coefficient (Wildman–Crippen LogP) is 1.25. The summed E-state index contributed by atoms with van der Waals surface area (Å²) in [5.74, 6) is -0.679. The van der Waals surface area contributed by atoms with Crippen LogP contribution in [0.2, 0.25) is 0 Å². The molecule has 112 valence electrons. The molecule has 0 atom stereocenters. The highest BCUT2D eigenvalue weighted by molar-refractivity contribution is 7.89. The third-order valence-electron chi connectivity index (χ3n) is 2.91. The number of ether oxygens (including phenoxy) is 1. The van der Waals surface area contributed by atoms with E-state index in [0.717, 1.165) is 0 Å². The van der Waals surface area contributed by atoms with Crippen molar-refractivity contribution in [2.24, 2.45) is 0 Å². The summed E-state index contributed by atoms with van der Waals surface area (Å²) in [4.78, 5) is 11.5. The van der Waals surface area contributed by atoms with Gasteiger partial charge in [-0.3, -0.25) is 0 Å². The molecule has 2 aromatic rings. The zero-order valence-corrected chi connectivity index (χ0v) is 12.3. The predicted molar refractivity (Wildman–Crippen MR) is 77.4 cm³/mol. The average Bonchev–Trinajstić information content (AvgIpc) is 2.99. The Labute approximate surface area is 123 Å². The first-order chi connectivity index (χ1) is 10.0. The van der Waals surface area contributed by atoms with Crippen molar-refractivity contribution in [3.05, 3.63) is 54.4 Å². The lowest BCUT2D eigenvalue weighted by Gasteiger charge is -2.10. The molecule has 0 aliphatic rings. The summed E-state index contributed by atoms with van der Waals surface area (Å²) in [5.41, 5.74) is 0.0217. The van der Waals surface area contributed by atoms with E-state index in [1.54, 1.807) is 12.1 Å². The van der Waals surface area contributed by atoms with Crippen molar-refractivity contribution < 1.29 is 17.9 Å². The lowest BCUT2D eigenvalue weighted by molar-refractivity contribution is 0.0596. The number of hydrogen-bond donors (Lipinski definition) is 1. The number of methoxy groups -OCH3 is 1. The number of nitrogens with zero attached hydrogens (tertiary/aromatic N) is 1. The zero-order valence-electron chi connectivity index (χ0n) is 11.5. The van der Waals surface area contributed by atoms with E-state index in [4.69, 9.17) is 0 Å². The Morgan fingerprint density at radius 3 is 2.52 bits per heavy atom. The number of nitrogens with one attached hydrogen (secondary N) is 1. The van der Waals surface area contributed by atoms with Crippen molar-refractivity contribution in [3.63, 3.8) is 0 Å². The molecule has 0 bridgehead atoms. The van der Waals surface area contributed by atoms with Crippen LogP contribution in [0.4, 0.5) is 0 Å². The molecule has 7 heteroatoms. The molecular formula is C14H16N2O4S. The molecular weight excluding hydrogens is 292 g/mol. The van der Waals surface area contributed by atoms with E-state index in [0.29, 0.717) is 6.54 Å². The van der Waals surface area contributed by atoms with Gasteiger partial charge in [0.05, 0.1) is 17.6 Å². The van der Waals surface area contributed by atoms with Gasteiger partial charge in [0.1, 0.15) is 0 Å². The summed E-state index contributed by atoms with van der Waals surface area (Å²) < 4.78 is 33.5. The highest BCUT2D eigenvalue weighted by Crippen LogP contribution is 2.16. The van der Waals surface area contributed by atoms with Gasteiger partial charge in [-0.2, -0.15) is 0 Å². The molecule has 6 nitrogen and oxygen atoms in total. The van der Waals surface area contributed by atoms with Gasteiger partial charge in [-0.25, -0.2) is 17.9 Å². The molecule has 1 N–H and O–H groups in total. The van der Waals surface area contributed by atoms with Gasteiger partial charge in [0.25, 0.3) is 0 Å². The molecule has 0 radical (unpaired) electrons. The van der Waals surface area contributed by atoms with Crippen LogP contribution in [0.1, 0.15) is 10.4 Å². The SMILES string of the molecule is COC(=O)c1ccccc1S(=O)(=O)NCCn1cccc1. The first-order valence-corrected chi connectivity index (χ1v) is 7.80. The number of rotatable bonds is 6. The fraction of sp³-hybridized carbons (Fsp3) is 0.214. The standard InChI is InChI=1S/C14H16N2O4S/c1-20-14(17)12-6-2-3-7-13(12)21(18,19)15-8-11-16-9-4-5-10-16/h2-7,9-10,15H,8,11H2,1H3. The van der Waals surface area contributed by atoms with Gasteiger partial charge in [-0.15, -0.1) is 0 Å². The maximum atomic E-state index is 12.3.